The Bertz CT molecular complexity index is 685. The number of anilines is 1. The molecular formula is C20H25ClN2O. The summed E-state index contributed by atoms with van der Waals surface area (Å²) < 4.78 is 5.37. The summed E-state index contributed by atoms with van der Waals surface area (Å²) in [6.45, 7) is 3.02. The second kappa shape index (κ2) is 8.74. The van der Waals surface area contributed by atoms with Crippen LogP contribution in [0.4, 0.5) is 5.69 Å². The average molecular weight is 345 g/mol. The van der Waals surface area contributed by atoms with Gasteiger partial charge in [0.05, 0.1) is 7.11 Å². The molecule has 1 aliphatic rings. The first-order chi connectivity index (χ1) is 11.3. The lowest BCUT2D eigenvalue weighted by atomic mass is 9.92. The highest BCUT2D eigenvalue weighted by molar-refractivity contribution is 6.01. The number of fused-ring (bicyclic) bond motifs is 1. The fraction of sp³-hybridized carbons (Fsp3) is 0.350. The van der Waals surface area contributed by atoms with Crippen molar-refractivity contribution in [2.24, 2.45) is 4.99 Å². The topological polar surface area (TPSA) is 33.6 Å². The molecule has 3 rings (SSSR count). The second-order valence-corrected chi connectivity index (χ2v) is 5.92. The van der Waals surface area contributed by atoms with Gasteiger partial charge in [0.25, 0.3) is 0 Å². The van der Waals surface area contributed by atoms with Crippen LogP contribution >= 0.6 is 12.4 Å². The number of aliphatic imine (C=N–C) groups is 1. The summed E-state index contributed by atoms with van der Waals surface area (Å²) in [7, 11) is 1.72. The summed E-state index contributed by atoms with van der Waals surface area (Å²) in [5.74, 6) is 2.32. The summed E-state index contributed by atoms with van der Waals surface area (Å²) in [5, 5.41) is 3.59. The van der Waals surface area contributed by atoms with E-state index in [0.29, 0.717) is 5.92 Å². The highest BCUT2D eigenvalue weighted by Gasteiger charge is 2.23. The molecule has 0 amide bonds. The third-order valence-electron chi connectivity index (χ3n) is 4.32. The summed E-state index contributed by atoms with van der Waals surface area (Å²) in [4.78, 5) is 4.84. The highest BCUT2D eigenvalue weighted by Crippen LogP contribution is 2.32. The van der Waals surface area contributed by atoms with Gasteiger partial charge in [0.2, 0.25) is 0 Å². The predicted octanol–water partition coefficient (Wildman–Crippen LogP) is 5.07. The van der Waals surface area contributed by atoms with E-state index in [9.17, 15) is 0 Å². The standard InChI is InChI=1S/C20H24N2O.ClH/c1-3-13-21-20-18(15-7-5-4-6-8-15)11-9-16-14-17(23-2)10-12-19(16)22-20;/h4-8,10,12,14,18H,3,9,11,13H2,1-2H3,(H,21,22);1H. The van der Waals surface area contributed by atoms with Gasteiger partial charge in [0.1, 0.15) is 11.6 Å². The van der Waals surface area contributed by atoms with Crippen molar-refractivity contribution in [2.45, 2.75) is 32.1 Å². The van der Waals surface area contributed by atoms with Crippen LogP contribution in [0.5, 0.6) is 5.75 Å². The number of benzene rings is 2. The average Bonchev–Trinajstić information content (AvgIpc) is 2.79. The number of hydrogen-bond donors (Lipinski definition) is 1. The predicted molar refractivity (Wildman–Crippen MR) is 104 cm³/mol. The molecule has 1 heterocycles. The minimum absolute atomic E-state index is 0. The van der Waals surface area contributed by atoms with Crippen LogP contribution in [-0.2, 0) is 6.42 Å². The Morgan fingerprint density at radius 2 is 1.96 bits per heavy atom. The lowest BCUT2D eigenvalue weighted by molar-refractivity contribution is 0.414. The number of nitrogens with one attached hydrogen (secondary N) is 1. The Morgan fingerprint density at radius 1 is 1.17 bits per heavy atom. The van der Waals surface area contributed by atoms with Crippen LogP contribution in [0, 0.1) is 0 Å². The molecule has 24 heavy (non-hydrogen) atoms. The van der Waals surface area contributed by atoms with Crippen molar-refractivity contribution in [1.82, 2.24) is 0 Å². The maximum atomic E-state index is 5.37. The van der Waals surface area contributed by atoms with Crippen molar-refractivity contribution in [3.8, 4) is 5.75 Å². The van der Waals surface area contributed by atoms with Gasteiger partial charge in [-0.05, 0) is 48.6 Å². The van der Waals surface area contributed by atoms with Crippen molar-refractivity contribution in [3.63, 3.8) is 0 Å². The van der Waals surface area contributed by atoms with E-state index >= 15 is 0 Å². The van der Waals surface area contributed by atoms with Gasteiger partial charge in [0.15, 0.2) is 0 Å². The third-order valence-corrected chi connectivity index (χ3v) is 4.32. The Balaban J connectivity index is 0.00000208. The first-order valence-electron chi connectivity index (χ1n) is 8.35. The van der Waals surface area contributed by atoms with Crippen LogP contribution in [0.25, 0.3) is 0 Å². The van der Waals surface area contributed by atoms with Crippen LogP contribution in [0.1, 0.15) is 36.8 Å². The number of halogens is 1. The van der Waals surface area contributed by atoms with E-state index in [1.807, 2.05) is 6.07 Å². The lowest BCUT2D eigenvalue weighted by Gasteiger charge is -2.18. The van der Waals surface area contributed by atoms with Crippen LogP contribution in [0.15, 0.2) is 53.5 Å². The summed E-state index contributed by atoms with van der Waals surface area (Å²) in [6, 6.07) is 16.9. The maximum absolute atomic E-state index is 5.37. The number of nitrogens with zero attached hydrogens (tertiary/aromatic N) is 1. The van der Waals surface area contributed by atoms with Gasteiger partial charge in [-0.3, -0.25) is 4.99 Å². The van der Waals surface area contributed by atoms with Gasteiger partial charge in [-0.25, -0.2) is 0 Å². The zero-order chi connectivity index (χ0) is 16.1. The Kier molecular flexibility index (Phi) is 6.68. The molecule has 0 spiro atoms. The zero-order valence-electron chi connectivity index (χ0n) is 14.3. The van der Waals surface area contributed by atoms with Gasteiger partial charge < -0.3 is 10.1 Å². The minimum Gasteiger partial charge on any atom is -0.497 e. The molecule has 0 bridgehead atoms. The van der Waals surface area contributed by atoms with Gasteiger partial charge in [-0.15, -0.1) is 12.4 Å². The van der Waals surface area contributed by atoms with Crippen LogP contribution in [0.2, 0.25) is 0 Å². The quantitative estimate of drug-likeness (QED) is 0.840. The lowest BCUT2D eigenvalue weighted by Crippen LogP contribution is -2.20. The fourth-order valence-electron chi connectivity index (χ4n) is 3.08. The number of rotatable bonds is 4. The molecule has 2 aromatic carbocycles. The summed E-state index contributed by atoms with van der Waals surface area (Å²) in [6.07, 6.45) is 3.13. The van der Waals surface area contributed by atoms with Crippen LogP contribution in [-0.4, -0.2) is 19.5 Å². The molecule has 1 atom stereocenters. The fourth-order valence-corrected chi connectivity index (χ4v) is 3.08. The van der Waals surface area contributed by atoms with Crippen molar-refractivity contribution < 1.29 is 4.74 Å². The van der Waals surface area contributed by atoms with Gasteiger partial charge in [0, 0.05) is 18.2 Å². The van der Waals surface area contributed by atoms with Gasteiger partial charge >= 0.3 is 0 Å². The van der Waals surface area contributed by atoms with Crippen molar-refractivity contribution in [1.29, 1.82) is 0 Å². The first-order valence-corrected chi connectivity index (χ1v) is 8.35. The van der Waals surface area contributed by atoms with Gasteiger partial charge in [-0.2, -0.15) is 0 Å². The second-order valence-electron chi connectivity index (χ2n) is 5.92. The van der Waals surface area contributed by atoms with E-state index in [0.717, 1.165) is 43.1 Å². The molecule has 128 valence electrons. The summed E-state index contributed by atoms with van der Waals surface area (Å²) in [5.41, 5.74) is 3.78. The molecule has 3 nitrogen and oxygen atoms in total. The number of amidine groups is 1. The van der Waals surface area contributed by atoms with E-state index in [4.69, 9.17) is 9.73 Å². The number of aryl methyl sites for hydroxylation is 1. The number of methoxy groups -OCH3 is 1. The molecule has 0 radical (unpaired) electrons. The SMILES string of the molecule is CCCN=C1Nc2ccc(OC)cc2CCC1c1ccccc1.Cl. The Labute approximate surface area is 150 Å². The Morgan fingerprint density at radius 3 is 2.67 bits per heavy atom. The molecule has 0 aliphatic carbocycles. The van der Waals surface area contributed by atoms with E-state index < -0.39 is 0 Å². The van der Waals surface area contributed by atoms with E-state index in [1.165, 1.54) is 11.1 Å². The Hall–Kier alpha value is -2.00. The molecule has 0 aromatic heterocycles. The first kappa shape index (κ1) is 18.3. The molecule has 0 saturated carbocycles. The molecule has 0 saturated heterocycles. The molecule has 1 N–H and O–H groups in total. The maximum Gasteiger partial charge on any atom is 0.119 e. The van der Waals surface area contributed by atoms with E-state index in [2.05, 4.69) is 54.7 Å². The molecule has 1 aliphatic heterocycles. The molecule has 4 heteroatoms. The number of ether oxygens (including phenoxy) is 1. The monoisotopic (exact) mass is 344 g/mol. The van der Waals surface area contributed by atoms with Crippen molar-refractivity contribution >= 4 is 23.9 Å². The molecular weight excluding hydrogens is 320 g/mol. The van der Waals surface area contributed by atoms with Crippen molar-refractivity contribution in [2.75, 3.05) is 19.0 Å². The third kappa shape index (κ3) is 4.09. The van der Waals surface area contributed by atoms with E-state index in [1.54, 1.807) is 7.11 Å². The van der Waals surface area contributed by atoms with Crippen LogP contribution in [0.3, 0.4) is 0 Å². The van der Waals surface area contributed by atoms with Gasteiger partial charge in [-0.1, -0.05) is 37.3 Å². The zero-order valence-corrected chi connectivity index (χ0v) is 15.1. The molecule has 0 fully saturated rings. The summed E-state index contributed by atoms with van der Waals surface area (Å²) >= 11 is 0. The minimum atomic E-state index is 0. The molecule has 2 aromatic rings. The van der Waals surface area contributed by atoms with E-state index in [-0.39, 0.29) is 12.4 Å². The largest absolute Gasteiger partial charge is 0.497 e. The van der Waals surface area contributed by atoms with Crippen molar-refractivity contribution in [3.05, 3.63) is 59.7 Å². The van der Waals surface area contributed by atoms with Crippen LogP contribution < -0.4 is 10.1 Å². The molecule has 1 unspecified atom stereocenters. The number of hydrogen-bond acceptors (Lipinski definition) is 2. The highest BCUT2D eigenvalue weighted by atomic mass is 35.5. The smallest absolute Gasteiger partial charge is 0.119 e. The normalized spacial score (nSPS) is 18.1.